The number of aromatic nitrogens is 3. The van der Waals surface area contributed by atoms with Crippen LogP contribution in [0.15, 0.2) is 36.7 Å². The van der Waals surface area contributed by atoms with Crippen molar-refractivity contribution in [2.24, 2.45) is 11.8 Å². The van der Waals surface area contributed by atoms with Gasteiger partial charge < -0.3 is 10.2 Å². The topological polar surface area (TPSA) is 62.5 Å². The lowest BCUT2D eigenvalue weighted by Gasteiger charge is -2.33. The molecule has 3 heterocycles. The van der Waals surface area contributed by atoms with Gasteiger partial charge >= 0.3 is 0 Å². The molecule has 0 radical (unpaired) electrons. The lowest BCUT2D eigenvalue weighted by atomic mass is 9.97. The van der Waals surface area contributed by atoms with Gasteiger partial charge in [-0.15, -0.1) is 0 Å². The number of carbonyl (C=O) groups excluding carboxylic acids is 1. The van der Waals surface area contributed by atoms with E-state index in [2.05, 4.69) is 67.2 Å². The standard InChI is InChI=1S/C24H31N5O/c1-16(2)14-26-24(30)19-6-5-10-28(15-19)23-22-13-21(27-29(22)11-9-25-23)20-8-7-17(3)12-18(20)4/h7-9,11-13,16,19H,5-6,10,14-15H2,1-4H3,(H,26,30)/t19-/m1/s1. The molecule has 2 aromatic heterocycles. The molecule has 1 atom stereocenters. The Kier molecular flexibility index (Phi) is 5.75. The highest BCUT2D eigenvalue weighted by Crippen LogP contribution is 2.29. The van der Waals surface area contributed by atoms with Crippen LogP contribution in [0, 0.1) is 25.7 Å². The fourth-order valence-corrected chi connectivity index (χ4v) is 4.22. The summed E-state index contributed by atoms with van der Waals surface area (Å²) < 4.78 is 1.90. The molecule has 30 heavy (non-hydrogen) atoms. The summed E-state index contributed by atoms with van der Waals surface area (Å²) in [5.74, 6) is 1.52. The molecule has 1 aliphatic rings. The second kappa shape index (κ2) is 8.46. The van der Waals surface area contributed by atoms with Crippen molar-refractivity contribution in [3.8, 4) is 11.3 Å². The Hall–Kier alpha value is -2.89. The van der Waals surface area contributed by atoms with Crippen molar-refractivity contribution in [1.29, 1.82) is 0 Å². The number of rotatable bonds is 5. The number of anilines is 1. The third kappa shape index (κ3) is 4.18. The average Bonchev–Trinajstić information content (AvgIpc) is 3.16. The minimum absolute atomic E-state index is 0.00120. The summed E-state index contributed by atoms with van der Waals surface area (Å²) in [5, 5.41) is 7.90. The Morgan fingerprint density at radius 2 is 2.10 bits per heavy atom. The van der Waals surface area contributed by atoms with Gasteiger partial charge in [0, 0.05) is 37.6 Å². The molecule has 1 saturated heterocycles. The fourth-order valence-electron chi connectivity index (χ4n) is 4.22. The van der Waals surface area contributed by atoms with Crippen LogP contribution in [0.5, 0.6) is 0 Å². The van der Waals surface area contributed by atoms with Gasteiger partial charge in [-0.2, -0.15) is 5.10 Å². The molecular formula is C24H31N5O. The molecule has 158 valence electrons. The van der Waals surface area contributed by atoms with Crippen LogP contribution in [0.1, 0.15) is 37.8 Å². The highest BCUT2D eigenvalue weighted by molar-refractivity contribution is 5.81. The molecule has 1 amide bonds. The van der Waals surface area contributed by atoms with Crippen LogP contribution < -0.4 is 10.2 Å². The van der Waals surface area contributed by atoms with Gasteiger partial charge in [-0.3, -0.25) is 4.79 Å². The lowest BCUT2D eigenvalue weighted by Crippen LogP contribution is -2.44. The summed E-state index contributed by atoms with van der Waals surface area (Å²) in [6, 6.07) is 8.55. The molecule has 0 aliphatic carbocycles. The predicted octanol–water partition coefficient (Wildman–Crippen LogP) is 4.00. The van der Waals surface area contributed by atoms with Gasteiger partial charge in [0.2, 0.25) is 5.91 Å². The first-order valence-corrected chi connectivity index (χ1v) is 10.9. The van der Waals surface area contributed by atoms with Crippen molar-refractivity contribution in [2.75, 3.05) is 24.5 Å². The van der Waals surface area contributed by atoms with Crippen LogP contribution >= 0.6 is 0 Å². The van der Waals surface area contributed by atoms with E-state index in [-0.39, 0.29) is 11.8 Å². The SMILES string of the molecule is Cc1ccc(-c2cc3c(N4CCC[C@@H](C(=O)NCC(C)C)C4)nccn3n2)c(C)c1. The van der Waals surface area contributed by atoms with E-state index in [1.165, 1.54) is 11.1 Å². The number of amides is 1. The van der Waals surface area contributed by atoms with E-state index >= 15 is 0 Å². The summed E-state index contributed by atoms with van der Waals surface area (Å²) >= 11 is 0. The van der Waals surface area contributed by atoms with E-state index in [9.17, 15) is 4.79 Å². The second-order valence-corrected chi connectivity index (χ2v) is 8.85. The number of piperidine rings is 1. The van der Waals surface area contributed by atoms with Crippen LogP contribution in [0.3, 0.4) is 0 Å². The van der Waals surface area contributed by atoms with Gasteiger partial charge in [-0.25, -0.2) is 9.50 Å². The molecule has 0 unspecified atom stereocenters. The number of fused-ring (bicyclic) bond motifs is 1. The molecule has 3 aromatic rings. The highest BCUT2D eigenvalue weighted by atomic mass is 16.1. The molecule has 0 spiro atoms. The van der Waals surface area contributed by atoms with E-state index in [1.54, 1.807) is 6.20 Å². The molecule has 0 saturated carbocycles. The molecule has 1 N–H and O–H groups in total. The van der Waals surface area contributed by atoms with Gasteiger partial charge in [-0.1, -0.05) is 37.6 Å². The molecule has 4 rings (SSSR count). The maximum atomic E-state index is 12.6. The average molecular weight is 406 g/mol. The van der Waals surface area contributed by atoms with Crippen LogP contribution in [-0.2, 0) is 4.79 Å². The number of hydrogen-bond donors (Lipinski definition) is 1. The first-order chi connectivity index (χ1) is 14.4. The Labute approximate surface area is 178 Å². The molecule has 6 heteroatoms. The number of hydrogen-bond acceptors (Lipinski definition) is 4. The Bertz CT molecular complexity index is 1050. The van der Waals surface area contributed by atoms with Crippen molar-refractivity contribution in [3.63, 3.8) is 0 Å². The van der Waals surface area contributed by atoms with Crippen LogP contribution in [0.4, 0.5) is 5.82 Å². The Morgan fingerprint density at radius 1 is 1.27 bits per heavy atom. The minimum Gasteiger partial charge on any atom is -0.356 e. The maximum Gasteiger partial charge on any atom is 0.224 e. The van der Waals surface area contributed by atoms with Crippen molar-refractivity contribution in [2.45, 2.75) is 40.5 Å². The summed E-state index contributed by atoms with van der Waals surface area (Å²) in [6.45, 7) is 10.8. The van der Waals surface area contributed by atoms with Gasteiger partial charge in [0.25, 0.3) is 0 Å². The number of nitrogens with one attached hydrogen (secondary N) is 1. The quantitative estimate of drug-likeness (QED) is 0.697. The predicted molar refractivity (Wildman–Crippen MR) is 121 cm³/mol. The van der Waals surface area contributed by atoms with Crippen LogP contribution in [-0.4, -0.2) is 40.1 Å². The van der Waals surface area contributed by atoms with E-state index < -0.39 is 0 Å². The first-order valence-electron chi connectivity index (χ1n) is 10.9. The minimum atomic E-state index is 0.00120. The zero-order valence-electron chi connectivity index (χ0n) is 18.4. The van der Waals surface area contributed by atoms with Gasteiger partial charge in [-0.05, 0) is 44.2 Å². The molecular weight excluding hydrogens is 374 g/mol. The highest BCUT2D eigenvalue weighted by Gasteiger charge is 2.27. The largest absolute Gasteiger partial charge is 0.356 e. The van der Waals surface area contributed by atoms with Gasteiger partial charge in [0.1, 0.15) is 5.52 Å². The monoisotopic (exact) mass is 405 g/mol. The third-order valence-corrected chi connectivity index (χ3v) is 5.80. The van der Waals surface area contributed by atoms with Crippen LogP contribution in [0.25, 0.3) is 16.8 Å². The third-order valence-electron chi connectivity index (χ3n) is 5.80. The number of benzene rings is 1. The van der Waals surface area contributed by atoms with E-state index in [4.69, 9.17) is 5.10 Å². The Morgan fingerprint density at radius 3 is 2.87 bits per heavy atom. The first kappa shape index (κ1) is 20.4. The lowest BCUT2D eigenvalue weighted by molar-refractivity contribution is -0.125. The zero-order valence-corrected chi connectivity index (χ0v) is 18.4. The smallest absolute Gasteiger partial charge is 0.224 e. The van der Waals surface area contributed by atoms with Gasteiger partial charge in [0.15, 0.2) is 5.82 Å². The molecule has 1 aliphatic heterocycles. The number of nitrogens with zero attached hydrogens (tertiary/aromatic N) is 4. The molecule has 1 aromatic carbocycles. The molecule has 0 bridgehead atoms. The summed E-state index contributed by atoms with van der Waals surface area (Å²) in [6.07, 6.45) is 5.60. The fraction of sp³-hybridized carbons (Fsp3) is 0.458. The second-order valence-electron chi connectivity index (χ2n) is 8.85. The summed E-state index contributed by atoms with van der Waals surface area (Å²) in [5.41, 5.74) is 5.53. The normalized spacial score (nSPS) is 17.0. The molecule has 6 nitrogen and oxygen atoms in total. The zero-order chi connectivity index (χ0) is 21.3. The van der Waals surface area contributed by atoms with E-state index in [0.717, 1.165) is 48.5 Å². The van der Waals surface area contributed by atoms with Crippen molar-refractivity contribution in [3.05, 3.63) is 47.8 Å². The molecule has 1 fully saturated rings. The van der Waals surface area contributed by atoms with Crippen molar-refractivity contribution >= 4 is 17.2 Å². The van der Waals surface area contributed by atoms with E-state index in [1.807, 2.05) is 10.7 Å². The summed E-state index contributed by atoms with van der Waals surface area (Å²) in [7, 11) is 0. The van der Waals surface area contributed by atoms with E-state index in [0.29, 0.717) is 12.5 Å². The maximum absolute atomic E-state index is 12.6. The summed E-state index contributed by atoms with van der Waals surface area (Å²) in [4.78, 5) is 19.5. The van der Waals surface area contributed by atoms with Crippen LogP contribution in [0.2, 0.25) is 0 Å². The van der Waals surface area contributed by atoms with Gasteiger partial charge in [0.05, 0.1) is 11.6 Å². The van der Waals surface area contributed by atoms with Crippen molar-refractivity contribution < 1.29 is 4.79 Å². The number of aryl methyl sites for hydroxylation is 2. The van der Waals surface area contributed by atoms with Crippen molar-refractivity contribution in [1.82, 2.24) is 19.9 Å². The Balaban J connectivity index is 1.61. The number of carbonyl (C=O) groups is 1.